The second kappa shape index (κ2) is 8.41. The van der Waals surface area contributed by atoms with Crippen LogP contribution in [0.4, 0.5) is 0 Å². The number of thiophene rings is 1. The van der Waals surface area contributed by atoms with Crippen molar-refractivity contribution in [3.8, 4) is 22.6 Å². The highest BCUT2D eigenvalue weighted by Gasteiger charge is 2.19. The summed E-state index contributed by atoms with van der Waals surface area (Å²) >= 11 is 1.40. The van der Waals surface area contributed by atoms with Crippen LogP contribution in [-0.4, -0.2) is 45.6 Å². The van der Waals surface area contributed by atoms with Gasteiger partial charge < -0.3 is 0 Å². The SMILES string of the molecule is O=C(c1cccs1)c1cnn2c(-c3cccc(-c4nnn(Cc5ccncc5)n4)c3)ccnc12. The van der Waals surface area contributed by atoms with Gasteiger partial charge in [-0.25, -0.2) is 9.50 Å². The van der Waals surface area contributed by atoms with Crippen LogP contribution in [-0.2, 0) is 6.54 Å². The number of nitrogens with zero attached hydrogens (tertiary/aromatic N) is 8. The zero-order valence-electron chi connectivity index (χ0n) is 17.7. The highest BCUT2D eigenvalue weighted by atomic mass is 32.1. The number of tetrazole rings is 1. The lowest BCUT2D eigenvalue weighted by molar-refractivity contribution is 0.104. The average Bonchev–Trinajstić information content (AvgIpc) is 3.65. The number of carbonyl (C=O) groups excluding carboxylic acids is 1. The molecular weight excluding hydrogens is 448 g/mol. The van der Waals surface area contributed by atoms with Crippen LogP contribution in [0.1, 0.15) is 20.8 Å². The van der Waals surface area contributed by atoms with Crippen molar-refractivity contribution in [1.29, 1.82) is 0 Å². The van der Waals surface area contributed by atoms with Gasteiger partial charge in [0, 0.05) is 29.7 Å². The van der Waals surface area contributed by atoms with E-state index in [0.29, 0.717) is 28.5 Å². The van der Waals surface area contributed by atoms with Gasteiger partial charge in [-0.15, -0.1) is 21.5 Å². The van der Waals surface area contributed by atoms with E-state index >= 15 is 0 Å². The first-order chi connectivity index (χ1) is 16.8. The summed E-state index contributed by atoms with van der Waals surface area (Å²) in [6.07, 6.45) is 6.74. The van der Waals surface area contributed by atoms with Gasteiger partial charge in [-0.2, -0.15) is 9.90 Å². The van der Waals surface area contributed by atoms with Gasteiger partial charge in [-0.05, 0) is 46.5 Å². The minimum Gasteiger partial charge on any atom is -0.287 e. The van der Waals surface area contributed by atoms with E-state index in [0.717, 1.165) is 22.4 Å². The van der Waals surface area contributed by atoms with E-state index in [9.17, 15) is 4.79 Å². The minimum absolute atomic E-state index is 0.0848. The normalized spacial score (nSPS) is 11.2. The number of pyridine rings is 1. The molecular formula is C24H16N8OS. The van der Waals surface area contributed by atoms with Crippen LogP contribution in [0.5, 0.6) is 0 Å². The molecule has 6 rings (SSSR count). The molecule has 34 heavy (non-hydrogen) atoms. The lowest BCUT2D eigenvalue weighted by atomic mass is 10.1. The molecule has 0 saturated heterocycles. The van der Waals surface area contributed by atoms with Crippen LogP contribution in [0.2, 0.25) is 0 Å². The summed E-state index contributed by atoms with van der Waals surface area (Å²) in [7, 11) is 0. The van der Waals surface area contributed by atoms with Crippen LogP contribution in [0.15, 0.2) is 84.8 Å². The molecule has 0 aliphatic heterocycles. The van der Waals surface area contributed by atoms with Crippen LogP contribution >= 0.6 is 11.3 Å². The quantitative estimate of drug-likeness (QED) is 0.346. The molecule has 5 heterocycles. The number of carbonyl (C=O) groups is 1. The van der Waals surface area contributed by atoms with Crippen molar-refractivity contribution >= 4 is 22.8 Å². The molecule has 0 atom stereocenters. The van der Waals surface area contributed by atoms with Crippen molar-refractivity contribution in [2.75, 3.05) is 0 Å². The van der Waals surface area contributed by atoms with E-state index in [4.69, 9.17) is 0 Å². The Morgan fingerprint density at radius 1 is 0.971 bits per heavy atom. The first kappa shape index (κ1) is 20.1. The van der Waals surface area contributed by atoms with Crippen molar-refractivity contribution in [1.82, 2.24) is 39.8 Å². The summed E-state index contributed by atoms with van der Waals surface area (Å²) < 4.78 is 1.69. The molecule has 0 N–H and O–H groups in total. The van der Waals surface area contributed by atoms with Crippen molar-refractivity contribution < 1.29 is 4.79 Å². The van der Waals surface area contributed by atoms with Gasteiger partial charge in [0.05, 0.1) is 28.9 Å². The molecule has 1 aromatic carbocycles. The maximum atomic E-state index is 12.9. The van der Waals surface area contributed by atoms with Gasteiger partial charge >= 0.3 is 0 Å². The molecule has 0 bridgehead atoms. The van der Waals surface area contributed by atoms with Gasteiger partial charge in [0.1, 0.15) is 0 Å². The van der Waals surface area contributed by atoms with Crippen LogP contribution in [0.25, 0.3) is 28.3 Å². The Balaban J connectivity index is 1.34. The zero-order chi connectivity index (χ0) is 22.9. The van der Waals surface area contributed by atoms with E-state index in [1.165, 1.54) is 11.3 Å². The van der Waals surface area contributed by atoms with E-state index in [1.54, 1.807) is 40.2 Å². The summed E-state index contributed by atoms with van der Waals surface area (Å²) in [5.74, 6) is 0.439. The number of hydrogen-bond donors (Lipinski definition) is 0. The Hall–Kier alpha value is -4.57. The Kier molecular flexibility index (Phi) is 4.96. The predicted octanol–water partition coefficient (Wildman–Crippen LogP) is 3.79. The molecule has 6 aromatic rings. The third-order valence-corrected chi connectivity index (χ3v) is 6.20. The second-order valence-corrected chi connectivity index (χ2v) is 8.46. The number of ketones is 1. The van der Waals surface area contributed by atoms with Gasteiger partial charge in [0.15, 0.2) is 5.65 Å². The molecule has 0 spiro atoms. The number of fused-ring (bicyclic) bond motifs is 1. The highest BCUT2D eigenvalue weighted by Crippen LogP contribution is 2.26. The van der Waals surface area contributed by atoms with Crippen LogP contribution < -0.4 is 0 Å². The molecule has 164 valence electrons. The highest BCUT2D eigenvalue weighted by molar-refractivity contribution is 7.12. The van der Waals surface area contributed by atoms with Crippen LogP contribution in [0, 0.1) is 0 Å². The Bertz CT molecular complexity index is 1600. The third kappa shape index (κ3) is 3.65. The van der Waals surface area contributed by atoms with Crippen molar-refractivity contribution in [3.63, 3.8) is 0 Å². The van der Waals surface area contributed by atoms with Crippen molar-refractivity contribution in [2.24, 2.45) is 0 Å². The molecule has 0 aliphatic carbocycles. The molecule has 10 heteroatoms. The molecule has 0 amide bonds. The van der Waals surface area contributed by atoms with Crippen molar-refractivity contribution in [3.05, 3.63) is 101 Å². The van der Waals surface area contributed by atoms with E-state index < -0.39 is 0 Å². The zero-order valence-corrected chi connectivity index (χ0v) is 18.5. The molecule has 0 aliphatic rings. The molecule has 5 aromatic heterocycles. The van der Waals surface area contributed by atoms with Crippen LogP contribution in [0.3, 0.4) is 0 Å². The maximum Gasteiger partial charge on any atom is 0.208 e. The molecule has 9 nitrogen and oxygen atoms in total. The third-order valence-electron chi connectivity index (χ3n) is 5.33. The summed E-state index contributed by atoms with van der Waals surface area (Å²) in [6, 6.07) is 17.2. The first-order valence-corrected chi connectivity index (χ1v) is 11.3. The average molecular weight is 465 g/mol. The molecule has 0 saturated carbocycles. The smallest absolute Gasteiger partial charge is 0.208 e. The largest absolute Gasteiger partial charge is 0.287 e. The standard InChI is InChI=1S/C24H16N8OS/c33-22(21-5-2-12-34-21)19-14-27-32-20(8-11-26-24(19)32)17-3-1-4-18(13-17)23-28-30-31(29-23)15-16-6-9-25-10-7-16/h1-14H,15H2. The van der Waals surface area contributed by atoms with E-state index in [1.807, 2.05) is 53.9 Å². The van der Waals surface area contributed by atoms with Crippen molar-refractivity contribution in [2.45, 2.75) is 6.54 Å². The van der Waals surface area contributed by atoms with Gasteiger partial charge in [-0.1, -0.05) is 24.3 Å². The molecule has 0 fully saturated rings. The Morgan fingerprint density at radius 2 is 1.85 bits per heavy atom. The number of hydrogen-bond acceptors (Lipinski definition) is 8. The summed E-state index contributed by atoms with van der Waals surface area (Å²) in [4.78, 5) is 23.6. The summed E-state index contributed by atoms with van der Waals surface area (Å²) in [5, 5.41) is 19.3. The molecule has 0 radical (unpaired) electrons. The summed E-state index contributed by atoms with van der Waals surface area (Å²) in [5.41, 5.74) is 4.56. The predicted molar refractivity (Wildman–Crippen MR) is 126 cm³/mol. The fourth-order valence-electron chi connectivity index (χ4n) is 3.71. The lowest BCUT2D eigenvalue weighted by Gasteiger charge is -2.06. The van der Waals surface area contributed by atoms with Gasteiger partial charge in [0.25, 0.3) is 0 Å². The van der Waals surface area contributed by atoms with E-state index in [-0.39, 0.29) is 5.78 Å². The fourth-order valence-corrected chi connectivity index (χ4v) is 4.38. The lowest BCUT2D eigenvalue weighted by Crippen LogP contribution is -2.04. The monoisotopic (exact) mass is 464 g/mol. The second-order valence-electron chi connectivity index (χ2n) is 7.51. The summed E-state index contributed by atoms with van der Waals surface area (Å²) in [6.45, 7) is 0.508. The minimum atomic E-state index is -0.0848. The molecule has 0 unspecified atom stereocenters. The number of rotatable bonds is 6. The fraction of sp³-hybridized carbons (Fsp3) is 0.0417. The number of aromatic nitrogens is 8. The Labute approximate surface area is 197 Å². The number of benzene rings is 1. The van der Waals surface area contributed by atoms with E-state index in [2.05, 4.69) is 30.5 Å². The Morgan fingerprint density at radius 3 is 2.71 bits per heavy atom. The first-order valence-electron chi connectivity index (χ1n) is 10.4. The topological polar surface area (TPSA) is 104 Å². The maximum absolute atomic E-state index is 12.9. The van der Waals surface area contributed by atoms with Gasteiger partial charge in [-0.3, -0.25) is 9.78 Å². The van der Waals surface area contributed by atoms with Gasteiger partial charge in [0.2, 0.25) is 11.6 Å².